The van der Waals surface area contributed by atoms with E-state index in [1.807, 2.05) is 0 Å². The zero-order valence-corrected chi connectivity index (χ0v) is 9.19. The maximum Gasteiger partial charge on any atom is 0.416 e. The van der Waals surface area contributed by atoms with Gasteiger partial charge in [0.2, 0.25) is 0 Å². The second kappa shape index (κ2) is 3.58. The molecule has 0 amide bonds. The molecule has 0 saturated carbocycles. The fourth-order valence-electron chi connectivity index (χ4n) is 1.35. The number of halogens is 4. The zero-order chi connectivity index (χ0) is 11.9. The van der Waals surface area contributed by atoms with Crippen molar-refractivity contribution in [1.29, 1.82) is 0 Å². The summed E-state index contributed by atoms with van der Waals surface area (Å²) in [6.07, 6.45) is -4.02. The smallest absolute Gasteiger partial charge is 0.296 e. The molecular weight excluding hydrogens is 289 g/mol. The summed E-state index contributed by atoms with van der Waals surface area (Å²) in [5, 5.41) is 6.26. The van der Waals surface area contributed by atoms with Crippen molar-refractivity contribution >= 4 is 33.1 Å². The molecule has 16 heavy (non-hydrogen) atoms. The Morgan fingerprint density at radius 1 is 1.38 bits per heavy atom. The molecule has 1 N–H and O–H groups in total. The third kappa shape index (κ3) is 1.71. The van der Waals surface area contributed by atoms with E-state index in [0.717, 1.165) is 12.1 Å². The number of fused-ring (bicyclic) bond motifs is 1. The third-order valence-electron chi connectivity index (χ3n) is 2.09. The van der Waals surface area contributed by atoms with E-state index in [2.05, 4.69) is 26.1 Å². The number of benzene rings is 1. The maximum atomic E-state index is 12.5. The standard InChI is InChI=1S/C9H4BrF3N2O/c10-6-2-4(9(11,12)13)1-5-7(3-16)14-15-8(5)6/h1-3H,(H,14,15). The molecule has 0 saturated heterocycles. The lowest BCUT2D eigenvalue weighted by Crippen LogP contribution is -2.04. The summed E-state index contributed by atoms with van der Waals surface area (Å²) in [5.74, 6) is 0. The first kappa shape index (κ1) is 11.1. The SMILES string of the molecule is O=Cc1[nH]nc2c(Br)cc(C(F)(F)F)cc12. The van der Waals surface area contributed by atoms with Crippen LogP contribution in [-0.2, 0) is 6.18 Å². The molecule has 3 nitrogen and oxygen atoms in total. The highest BCUT2D eigenvalue weighted by Gasteiger charge is 2.31. The molecule has 0 aliphatic heterocycles. The first-order valence-electron chi connectivity index (χ1n) is 4.13. The molecule has 0 aliphatic rings. The predicted molar refractivity (Wildman–Crippen MR) is 54.2 cm³/mol. The van der Waals surface area contributed by atoms with Gasteiger partial charge in [-0.05, 0) is 28.1 Å². The van der Waals surface area contributed by atoms with Crippen molar-refractivity contribution in [2.24, 2.45) is 0 Å². The number of H-pyrrole nitrogens is 1. The number of alkyl halides is 3. The summed E-state index contributed by atoms with van der Waals surface area (Å²) in [4.78, 5) is 10.6. The van der Waals surface area contributed by atoms with E-state index in [1.54, 1.807) is 0 Å². The highest BCUT2D eigenvalue weighted by molar-refractivity contribution is 9.10. The Hall–Kier alpha value is -1.37. The van der Waals surface area contributed by atoms with E-state index in [-0.39, 0.29) is 15.6 Å². The molecule has 0 spiro atoms. The van der Waals surface area contributed by atoms with E-state index in [0.29, 0.717) is 11.8 Å². The average molecular weight is 293 g/mol. The molecule has 1 aromatic heterocycles. The Bertz CT molecular complexity index is 562. The van der Waals surface area contributed by atoms with Gasteiger partial charge in [-0.15, -0.1) is 0 Å². The Kier molecular flexibility index (Phi) is 2.49. The lowest BCUT2D eigenvalue weighted by Gasteiger charge is -2.07. The van der Waals surface area contributed by atoms with Gasteiger partial charge in [-0.3, -0.25) is 9.89 Å². The van der Waals surface area contributed by atoms with Gasteiger partial charge in [0.25, 0.3) is 0 Å². The largest absolute Gasteiger partial charge is 0.416 e. The first-order chi connectivity index (χ1) is 7.43. The molecule has 0 fully saturated rings. The molecule has 0 bridgehead atoms. The number of nitrogens with zero attached hydrogens (tertiary/aromatic N) is 1. The lowest BCUT2D eigenvalue weighted by atomic mass is 10.1. The van der Waals surface area contributed by atoms with E-state index in [9.17, 15) is 18.0 Å². The van der Waals surface area contributed by atoms with Crippen molar-refractivity contribution in [3.8, 4) is 0 Å². The molecule has 1 heterocycles. The topological polar surface area (TPSA) is 45.8 Å². The summed E-state index contributed by atoms with van der Waals surface area (Å²) in [6, 6.07) is 1.82. The molecule has 0 atom stereocenters. The van der Waals surface area contributed by atoms with Crippen molar-refractivity contribution in [2.75, 3.05) is 0 Å². The number of hydrogen-bond donors (Lipinski definition) is 1. The monoisotopic (exact) mass is 292 g/mol. The van der Waals surface area contributed by atoms with Gasteiger partial charge in [0.1, 0.15) is 11.2 Å². The van der Waals surface area contributed by atoms with Crippen molar-refractivity contribution in [1.82, 2.24) is 10.2 Å². The molecule has 0 aliphatic carbocycles. The maximum absolute atomic E-state index is 12.5. The van der Waals surface area contributed by atoms with Gasteiger partial charge < -0.3 is 0 Å². The second-order valence-electron chi connectivity index (χ2n) is 3.11. The van der Waals surface area contributed by atoms with Gasteiger partial charge in [0.05, 0.1) is 5.56 Å². The Morgan fingerprint density at radius 2 is 2.06 bits per heavy atom. The van der Waals surface area contributed by atoms with Crippen LogP contribution < -0.4 is 0 Å². The fourth-order valence-corrected chi connectivity index (χ4v) is 1.90. The van der Waals surface area contributed by atoms with Crippen LogP contribution in [0.5, 0.6) is 0 Å². The van der Waals surface area contributed by atoms with Crippen LogP contribution in [0, 0.1) is 0 Å². The first-order valence-corrected chi connectivity index (χ1v) is 4.93. The summed E-state index contributed by atoms with van der Waals surface area (Å²) in [7, 11) is 0. The Morgan fingerprint density at radius 3 is 2.62 bits per heavy atom. The van der Waals surface area contributed by atoms with Crippen LogP contribution in [0.4, 0.5) is 13.2 Å². The van der Waals surface area contributed by atoms with Gasteiger partial charge in [0.15, 0.2) is 6.29 Å². The summed E-state index contributed by atoms with van der Waals surface area (Å²) in [5.41, 5.74) is -0.492. The summed E-state index contributed by atoms with van der Waals surface area (Å²) in [6.45, 7) is 0. The normalized spacial score (nSPS) is 12.0. The highest BCUT2D eigenvalue weighted by Crippen LogP contribution is 2.35. The van der Waals surface area contributed by atoms with Gasteiger partial charge in [-0.1, -0.05) is 0 Å². The quantitative estimate of drug-likeness (QED) is 0.821. The zero-order valence-electron chi connectivity index (χ0n) is 7.60. The number of aromatic amines is 1. The molecule has 7 heteroatoms. The molecular formula is C9H4BrF3N2O. The third-order valence-corrected chi connectivity index (χ3v) is 2.69. The fraction of sp³-hybridized carbons (Fsp3) is 0.111. The van der Waals surface area contributed by atoms with Crippen LogP contribution >= 0.6 is 15.9 Å². The van der Waals surface area contributed by atoms with E-state index < -0.39 is 11.7 Å². The van der Waals surface area contributed by atoms with Gasteiger partial charge in [-0.25, -0.2) is 0 Å². The van der Waals surface area contributed by atoms with Crippen molar-refractivity contribution < 1.29 is 18.0 Å². The van der Waals surface area contributed by atoms with Crippen LogP contribution in [0.15, 0.2) is 16.6 Å². The lowest BCUT2D eigenvalue weighted by molar-refractivity contribution is -0.137. The van der Waals surface area contributed by atoms with Crippen molar-refractivity contribution in [2.45, 2.75) is 6.18 Å². The Labute approximate surface area is 95.8 Å². The number of carbonyl (C=O) groups is 1. The van der Waals surface area contributed by atoms with Crippen LogP contribution in [0.25, 0.3) is 10.9 Å². The minimum Gasteiger partial charge on any atom is -0.296 e. The van der Waals surface area contributed by atoms with E-state index >= 15 is 0 Å². The minimum absolute atomic E-state index is 0.0294. The van der Waals surface area contributed by atoms with Crippen LogP contribution in [0.2, 0.25) is 0 Å². The van der Waals surface area contributed by atoms with Gasteiger partial charge in [-0.2, -0.15) is 18.3 Å². The van der Waals surface area contributed by atoms with Crippen molar-refractivity contribution in [3.05, 3.63) is 27.9 Å². The molecule has 0 radical (unpaired) electrons. The number of carbonyl (C=O) groups excluding carboxylic acids is 1. The number of nitrogens with one attached hydrogen (secondary N) is 1. The second-order valence-corrected chi connectivity index (χ2v) is 3.96. The van der Waals surface area contributed by atoms with Crippen LogP contribution in [-0.4, -0.2) is 16.5 Å². The molecule has 2 rings (SSSR count). The number of rotatable bonds is 1. The van der Waals surface area contributed by atoms with Crippen LogP contribution in [0.3, 0.4) is 0 Å². The molecule has 0 unspecified atom stereocenters. The van der Waals surface area contributed by atoms with E-state index in [1.165, 1.54) is 0 Å². The van der Waals surface area contributed by atoms with Gasteiger partial charge in [0, 0.05) is 9.86 Å². The minimum atomic E-state index is -4.45. The summed E-state index contributed by atoms with van der Waals surface area (Å²) >= 11 is 2.98. The molecule has 2 aromatic rings. The average Bonchev–Trinajstić information content (AvgIpc) is 2.59. The molecule has 1 aromatic carbocycles. The van der Waals surface area contributed by atoms with Crippen LogP contribution in [0.1, 0.15) is 16.1 Å². The van der Waals surface area contributed by atoms with Gasteiger partial charge >= 0.3 is 6.18 Å². The highest BCUT2D eigenvalue weighted by atomic mass is 79.9. The molecule has 84 valence electrons. The summed E-state index contributed by atoms with van der Waals surface area (Å²) < 4.78 is 37.7. The number of hydrogen-bond acceptors (Lipinski definition) is 2. The number of aldehydes is 1. The van der Waals surface area contributed by atoms with E-state index in [4.69, 9.17) is 0 Å². The predicted octanol–water partition coefficient (Wildman–Crippen LogP) is 3.16. The Balaban J connectivity index is 2.78. The van der Waals surface area contributed by atoms with Crippen molar-refractivity contribution in [3.63, 3.8) is 0 Å². The number of aromatic nitrogens is 2.